The second-order valence-electron chi connectivity index (χ2n) is 3.34. The summed E-state index contributed by atoms with van der Waals surface area (Å²) in [5.74, 6) is 0. The van der Waals surface area contributed by atoms with E-state index in [4.69, 9.17) is 5.73 Å². The van der Waals surface area contributed by atoms with Crippen LogP contribution in [0.15, 0.2) is 35.3 Å². The van der Waals surface area contributed by atoms with Crippen LogP contribution in [0.1, 0.15) is 0 Å². The minimum absolute atomic E-state index is 0.568. The van der Waals surface area contributed by atoms with E-state index in [-0.39, 0.29) is 0 Å². The van der Waals surface area contributed by atoms with Crippen molar-refractivity contribution in [2.45, 2.75) is 0 Å². The molecule has 84 valence electrons. The van der Waals surface area contributed by atoms with E-state index in [0.717, 1.165) is 22.0 Å². The number of nitrogens with two attached hydrogens (primary N) is 1. The zero-order chi connectivity index (χ0) is 11.7. The number of hydrogen-bond acceptors (Lipinski definition) is 6. The highest BCUT2D eigenvalue weighted by molar-refractivity contribution is 7.14. The molecule has 0 saturated heterocycles. The van der Waals surface area contributed by atoms with Gasteiger partial charge in [-0.2, -0.15) is 0 Å². The van der Waals surface area contributed by atoms with E-state index < -0.39 is 0 Å². The van der Waals surface area contributed by atoms with E-state index in [1.165, 1.54) is 11.3 Å². The molecule has 0 radical (unpaired) electrons. The molecule has 17 heavy (non-hydrogen) atoms. The molecule has 0 saturated carbocycles. The summed E-state index contributed by atoms with van der Waals surface area (Å²) in [6.07, 6.45) is 3.52. The molecule has 3 aromatic heterocycles. The Hall–Kier alpha value is -1.79. The molecule has 3 aromatic rings. The zero-order valence-corrected chi connectivity index (χ0v) is 10.3. The molecule has 0 unspecified atom stereocenters. The molecular weight excluding hydrogens is 252 g/mol. The summed E-state index contributed by atoms with van der Waals surface area (Å²) < 4.78 is 0. The third kappa shape index (κ3) is 2.04. The van der Waals surface area contributed by atoms with Gasteiger partial charge in [0.1, 0.15) is 16.4 Å². The standard InChI is InChI=1S/C11H8N4S2/c12-11-15-9(6-17-11)8-5-16-10(14-8)7-1-3-13-4-2-7/h1-6H,(H2,12,15). The number of nitrogen functional groups attached to an aromatic ring is 1. The fraction of sp³-hybridized carbons (Fsp3) is 0. The predicted molar refractivity (Wildman–Crippen MR) is 70.9 cm³/mol. The second-order valence-corrected chi connectivity index (χ2v) is 5.09. The summed E-state index contributed by atoms with van der Waals surface area (Å²) in [6.45, 7) is 0. The van der Waals surface area contributed by atoms with Crippen molar-refractivity contribution in [1.82, 2.24) is 15.0 Å². The van der Waals surface area contributed by atoms with Crippen molar-refractivity contribution in [2.24, 2.45) is 0 Å². The van der Waals surface area contributed by atoms with Crippen LogP contribution in [0.3, 0.4) is 0 Å². The first-order valence-corrected chi connectivity index (χ1v) is 6.66. The van der Waals surface area contributed by atoms with Crippen molar-refractivity contribution in [3.05, 3.63) is 35.3 Å². The zero-order valence-electron chi connectivity index (χ0n) is 8.70. The molecule has 2 N–H and O–H groups in total. The molecule has 6 heteroatoms. The van der Waals surface area contributed by atoms with Crippen LogP contribution >= 0.6 is 22.7 Å². The van der Waals surface area contributed by atoms with Gasteiger partial charge in [0.25, 0.3) is 0 Å². The van der Waals surface area contributed by atoms with Gasteiger partial charge >= 0.3 is 0 Å². The first kappa shape index (κ1) is 10.4. The maximum atomic E-state index is 5.61. The van der Waals surface area contributed by atoms with Crippen molar-refractivity contribution in [2.75, 3.05) is 5.73 Å². The van der Waals surface area contributed by atoms with Crippen LogP contribution in [-0.4, -0.2) is 15.0 Å². The minimum atomic E-state index is 0.568. The third-order valence-electron chi connectivity index (χ3n) is 2.22. The topological polar surface area (TPSA) is 64.7 Å². The molecule has 3 rings (SSSR count). The van der Waals surface area contributed by atoms with Crippen LogP contribution in [0.5, 0.6) is 0 Å². The Labute approximate surface area is 106 Å². The van der Waals surface area contributed by atoms with Gasteiger partial charge in [-0.05, 0) is 12.1 Å². The quantitative estimate of drug-likeness (QED) is 0.769. The number of rotatable bonds is 2. The Morgan fingerprint density at radius 1 is 0.941 bits per heavy atom. The lowest BCUT2D eigenvalue weighted by atomic mass is 10.3. The van der Waals surface area contributed by atoms with Crippen molar-refractivity contribution < 1.29 is 0 Å². The maximum absolute atomic E-state index is 5.61. The molecule has 0 aliphatic rings. The maximum Gasteiger partial charge on any atom is 0.180 e. The third-order valence-corrected chi connectivity index (χ3v) is 3.78. The molecule has 3 heterocycles. The van der Waals surface area contributed by atoms with Crippen LogP contribution in [0.4, 0.5) is 5.13 Å². The van der Waals surface area contributed by atoms with Gasteiger partial charge < -0.3 is 5.73 Å². The number of pyridine rings is 1. The smallest absolute Gasteiger partial charge is 0.180 e. The average Bonchev–Trinajstić information content (AvgIpc) is 2.98. The van der Waals surface area contributed by atoms with Gasteiger partial charge in [-0.25, -0.2) is 9.97 Å². The van der Waals surface area contributed by atoms with E-state index in [2.05, 4.69) is 15.0 Å². The monoisotopic (exact) mass is 260 g/mol. The van der Waals surface area contributed by atoms with Crippen molar-refractivity contribution >= 4 is 27.8 Å². The summed E-state index contributed by atoms with van der Waals surface area (Å²) in [6, 6.07) is 3.88. The number of anilines is 1. The molecule has 4 nitrogen and oxygen atoms in total. The number of hydrogen-bond donors (Lipinski definition) is 1. The Morgan fingerprint density at radius 2 is 1.65 bits per heavy atom. The summed E-state index contributed by atoms with van der Waals surface area (Å²) in [5.41, 5.74) is 8.38. The Bertz CT molecular complexity index is 630. The molecule has 0 aliphatic heterocycles. The Kier molecular flexibility index (Phi) is 2.58. The van der Waals surface area contributed by atoms with Crippen molar-refractivity contribution in [3.8, 4) is 22.0 Å². The largest absolute Gasteiger partial charge is 0.375 e. The molecule has 0 atom stereocenters. The lowest BCUT2D eigenvalue weighted by molar-refractivity contribution is 1.31. The molecule has 0 spiro atoms. The van der Waals surface area contributed by atoms with Crippen molar-refractivity contribution in [1.29, 1.82) is 0 Å². The van der Waals surface area contributed by atoms with Gasteiger partial charge in [0, 0.05) is 28.7 Å². The average molecular weight is 260 g/mol. The summed E-state index contributed by atoms with van der Waals surface area (Å²) in [7, 11) is 0. The molecule has 0 aliphatic carbocycles. The fourth-order valence-corrected chi connectivity index (χ4v) is 2.80. The second kappa shape index (κ2) is 4.23. The van der Waals surface area contributed by atoms with Gasteiger partial charge in [-0.1, -0.05) is 0 Å². The Balaban J connectivity index is 1.99. The lowest BCUT2D eigenvalue weighted by Gasteiger charge is -1.93. The number of nitrogens with zero attached hydrogens (tertiary/aromatic N) is 3. The number of thiazole rings is 2. The van der Waals surface area contributed by atoms with Crippen LogP contribution in [0.2, 0.25) is 0 Å². The summed E-state index contributed by atoms with van der Waals surface area (Å²) in [4.78, 5) is 12.7. The van der Waals surface area contributed by atoms with Crippen LogP contribution < -0.4 is 5.73 Å². The van der Waals surface area contributed by atoms with E-state index in [9.17, 15) is 0 Å². The summed E-state index contributed by atoms with van der Waals surface area (Å²) >= 11 is 3.02. The van der Waals surface area contributed by atoms with Gasteiger partial charge in [0.15, 0.2) is 5.13 Å². The highest BCUT2D eigenvalue weighted by atomic mass is 32.1. The molecule has 0 amide bonds. The predicted octanol–water partition coefficient (Wildman–Crippen LogP) is 2.91. The molecule has 0 fully saturated rings. The normalized spacial score (nSPS) is 10.6. The van der Waals surface area contributed by atoms with Gasteiger partial charge in [0.05, 0.1) is 0 Å². The minimum Gasteiger partial charge on any atom is -0.375 e. The summed E-state index contributed by atoms with van der Waals surface area (Å²) in [5, 5.41) is 5.44. The van der Waals surface area contributed by atoms with E-state index in [1.807, 2.05) is 22.9 Å². The van der Waals surface area contributed by atoms with Gasteiger partial charge in [-0.15, -0.1) is 22.7 Å². The van der Waals surface area contributed by atoms with Crippen LogP contribution in [0.25, 0.3) is 22.0 Å². The number of aromatic nitrogens is 3. The molecule has 0 aromatic carbocycles. The lowest BCUT2D eigenvalue weighted by Crippen LogP contribution is -1.83. The van der Waals surface area contributed by atoms with Crippen molar-refractivity contribution in [3.63, 3.8) is 0 Å². The first-order valence-electron chi connectivity index (χ1n) is 4.90. The van der Waals surface area contributed by atoms with Gasteiger partial charge in [-0.3, -0.25) is 4.98 Å². The SMILES string of the molecule is Nc1nc(-c2csc(-c3ccncc3)n2)cs1. The van der Waals surface area contributed by atoms with E-state index in [1.54, 1.807) is 23.7 Å². The fourth-order valence-electron chi connectivity index (χ4n) is 1.42. The molecule has 0 bridgehead atoms. The van der Waals surface area contributed by atoms with Gasteiger partial charge in [0.2, 0.25) is 0 Å². The molecular formula is C11H8N4S2. The van der Waals surface area contributed by atoms with Crippen LogP contribution in [0, 0.1) is 0 Å². The van der Waals surface area contributed by atoms with E-state index in [0.29, 0.717) is 5.13 Å². The highest BCUT2D eigenvalue weighted by Gasteiger charge is 2.08. The van der Waals surface area contributed by atoms with Crippen LogP contribution in [-0.2, 0) is 0 Å². The highest BCUT2D eigenvalue weighted by Crippen LogP contribution is 2.29. The van der Waals surface area contributed by atoms with E-state index >= 15 is 0 Å². The first-order chi connectivity index (χ1) is 8.33. The Morgan fingerprint density at radius 3 is 2.35 bits per heavy atom.